The Bertz CT molecular complexity index is 411. The van der Waals surface area contributed by atoms with Crippen molar-refractivity contribution in [1.29, 1.82) is 0 Å². The molecule has 0 aromatic heterocycles. The molecule has 0 saturated carbocycles. The number of likely N-dealkylation sites (tertiary alicyclic amines) is 1. The summed E-state index contributed by atoms with van der Waals surface area (Å²) >= 11 is 0. The Morgan fingerprint density at radius 3 is 2.47 bits per heavy atom. The lowest BCUT2D eigenvalue weighted by molar-refractivity contribution is 0.110. The molecule has 1 aromatic rings. The van der Waals surface area contributed by atoms with Crippen LogP contribution in [-0.2, 0) is 6.42 Å². The summed E-state index contributed by atoms with van der Waals surface area (Å²) in [5, 5.41) is 3.39. The number of hydrogen-bond donors (Lipinski definition) is 1. The number of hydrogen-bond acceptors (Lipinski definition) is 2. The topological polar surface area (TPSA) is 15.3 Å². The van der Waals surface area contributed by atoms with Gasteiger partial charge in [-0.25, -0.2) is 4.39 Å². The third kappa shape index (κ3) is 3.15. The molecule has 1 atom stereocenters. The summed E-state index contributed by atoms with van der Waals surface area (Å²) in [4.78, 5) is 2.52. The van der Waals surface area contributed by atoms with E-state index in [9.17, 15) is 4.39 Å². The minimum absolute atomic E-state index is 0.0491. The molecule has 0 spiro atoms. The lowest BCUT2D eigenvalue weighted by Gasteiger charge is -2.42. The summed E-state index contributed by atoms with van der Waals surface area (Å²) in [5.74, 6) is -0.0972. The summed E-state index contributed by atoms with van der Waals surface area (Å²) in [6.45, 7) is 6.84. The first-order valence-corrected chi connectivity index (χ1v) is 7.21. The van der Waals surface area contributed by atoms with Crippen LogP contribution < -0.4 is 5.32 Å². The smallest absolute Gasteiger partial charge is 0.126 e. The number of nitrogens with zero attached hydrogens (tertiary/aromatic N) is 1. The second kappa shape index (κ2) is 6.02. The monoisotopic (exact) mass is 264 g/mol. The van der Waals surface area contributed by atoms with Crippen molar-refractivity contribution in [1.82, 2.24) is 10.2 Å². The minimum Gasteiger partial charge on any atom is -0.315 e. The molecule has 1 aliphatic rings. The molecule has 0 radical (unpaired) electrons. The van der Waals surface area contributed by atoms with Gasteiger partial charge in [-0.2, -0.15) is 0 Å². The molecule has 1 N–H and O–H groups in total. The average molecular weight is 264 g/mol. The van der Waals surface area contributed by atoms with E-state index in [2.05, 4.69) is 24.1 Å². The summed E-state index contributed by atoms with van der Waals surface area (Å²) in [6.07, 6.45) is 3.28. The Morgan fingerprint density at radius 2 is 1.89 bits per heavy atom. The SMILES string of the molecule is CNC(Cc1ccccc1F)C(C)(C)N1CCCC1. The predicted molar refractivity (Wildman–Crippen MR) is 77.8 cm³/mol. The van der Waals surface area contributed by atoms with E-state index in [1.54, 1.807) is 12.1 Å². The maximum Gasteiger partial charge on any atom is 0.126 e. The average Bonchev–Trinajstić information content (AvgIpc) is 2.92. The van der Waals surface area contributed by atoms with Gasteiger partial charge in [-0.3, -0.25) is 4.90 Å². The highest BCUT2D eigenvalue weighted by atomic mass is 19.1. The van der Waals surface area contributed by atoms with Crippen LogP contribution in [0.5, 0.6) is 0 Å². The van der Waals surface area contributed by atoms with Crippen LogP contribution in [0, 0.1) is 5.82 Å². The third-order valence-electron chi connectivity index (χ3n) is 4.50. The molecule has 2 rings (SSSR count). The van der Waals surface area contributed by atoms with Gasteiger partial charge in [0.2, 0.25) is 0 Å². The first-order chi connectivity index (χ1) is 9.05. The van der Waals surface area contributed by atoms with Crippen LogP contribution in [0.2, 0.25) is 0 Å². The second-order valence-corrected chi connectivity index (χ2v) is 5.98. The number of benzene rings is 1. The van der Waals surface area contributed by atoms with Crippen molar-refractivity contribution in [3.8, 4) is 0 Å². The number of likely N-dealkylation sites (N-methyl/N-ethyl adjacent to an activating group) is 1. The molecule has 1 saturated heterocycles. The van der Waals surface area contributed by atoms with Crippen molar-refractivity contribution in [3.63, 3.8) is 0 Å². The summed E-state index contributed by atoms with van der Waals surface area (Å²) in [6, 6.07) is 7.35. The largest absolute Gasteiger partial charge is 0.315 e. The summed E-state index contributed by atoms with van der Waals surface area (Å²) in [5.41, 5.74) is 0.849. The molecule has 1 unspecified atom stereocenters. The van der Waals surface area contributed by atoms with Crippen LogP contribution in [0.15, 0.2) is 24.3 Å². The zero-order valence-electron chi connectivity index (χ0n) is 12.2. The normalized spacial score (nSPS) is 18.7. The van der Waals surface area contributed by atoms with Crippen LogP contribution in [0.1, 0.15) is 32.3 Å². The highest BCUT2D eigenvalue weighted by Crippen LogP contribution is 2.26. The molecule has 19 heavy (non-hydrogen) atoms. The van der Waals surface area contributed by atoms with Crippen LogP contribution >= 0.6 is 0 Å². The van der Waals surface area contributed by atoms with Crippen LogP contribution in [0.25, 0.3) is 0 Å². The van der Waals surface area contributed by atoms with E-state index >= 15 is 0 Å². The number of rotatable bonds is 5. The van der Waals surface area contributed by atoms with Gasteiger partial charge in [-0.15, -0.1) is 0 Å². The van der Waals surface area contributed by atoms with Crippen LogP contribution in [-0.4, -0.2) is 36.6 Å². The van der Waals surface area contributed by atoms with Crippen molar-refractivity contribution in [2.75, 3.05) is 20.1 Å². The third-order valence-corrected chi connectivity index (χ3v) is 4.50. The fraction of sp³-hybridized carbons (Fsp3) is 0.625. The summed E-state index contributed by atoms with van der Waals surface area (Å²) in [7, 11) is 1.98. The molecule has 0 bridgehead atoms. The van der Waals surface area contributed by atoms with Crippen LogP contribution in [0.4, 0.5) is 4.39 Å². The number of nitrogens with one attached hydrogen (secondary N) is 1. The lowest BCUT2D eigenvalue weighted by Crippen LogP contribution is -2.57. The Morgan fingerprint density at radius 1 is 1.26 bits per heavy atom. The Hall–Kier alpha value is -0.930. The van der Waals surface area contributed by atoms with E-state index < -0.39 is 0 Å². The summed E-state index contributed by atoms with van der Waals surface area (Å²) < 4.78 is 13.8. The zero-order valence-corrected chi connectivity index (χ0v) is 12.2. The maximum atomic E-state index is 13.8. The van der Waals surface area contributed by atoms with E-state index in [4.69, 9.17) is 0 Å². The van der Waals surface area contributed by atoms with E-state index in [0.717, 1.165) is 25.1 Å². The van der Waals surface area contributed by atoms with Gasteiger partial charge in [0.25, 0.3) is 0 Å². The van der Waals surface area contributed by atoms with E-state index in [0.29, 0.717) is 0 Å². The Balaban J connectivity index is 2.13. The molecular weight excluding hydrogens is 239 g/mol. The Kier molecular flexibility index (Phi) is 4.58. The van der Waals surface area contributed by atoms with Crippen molar-refractivity contribution in [2.45, 2.75) is 44.7 Å². The molecule has 1 fully saturated rings. The van der Waals surface area contributed by atoms with Gasteiger partial charge >= 0.3 is 0 Å². The molecule has 1 heterocycles. The van der Waals surface area contributed by atoms with Crippen molar-refractivity contribution >= 4 is 0 Å². The van der Waals surface area contributed by atoms with Gasteiger partial charge in [-0.05, 0) is 64.9 Å². The zero-order chi connectivity index (χ0) is 13.9. The lowest BCUT2D eigenvalue weighted by atomic mass is 9.87. The van der Waals surface area contributed by atoms with Crippen molar-refractivity contribution < 1.29 is 4.39 Å². The molecule has 0 amide bonds. The molecule has 106 valence electrons. The van der Waals surface area contributed by atoms with E-state index in [1.165, 1.54) is 12.8 Å². The molecule has 1 aliphatic heterocycles. The molecule has 2 nitrogen and oxygen atoms in total. The van der Waals surface area contributed by atoms with Crippen molar-refractivity contribution in [2.24, 2.45) is 0 Å². The fourth-order valence-corrected chi connectivity index (χ4v) is 3.10. The van der Waals surface area contributed by atoms with E-state index in [-0.39, 0.29) is 17.4 Å². The van der Waals surface area contributed by atoms with Gasteiger partial charge < -0.3 is 5.32 Å². The fourth-order valence-electron chi connectivity index (χ4n) is 3.10. The minimum atomic E-state index is -0.0972. The first kappa shape index (κ1) is 14.5. The van der Waals surface area contributed by atoms with Crippen LogP contribution in [0.3, 0.4) is 0 Å². The predicted octanol–water partition coefficient (Wildman–Crippen LogP) is 2.83. The molecule has 3 heteroatoms. The standard InChI is InChI=1S/C16H25FN2/c1-16(2,19-10-6-7-11-19)15(18-3)12-13-8-4-5-9-14(13)17/h4-5,8-9,15,18H,6-7,10-12H2,1-3H3. The molecular formula is C16H25FN2. The first-order valence-electron chi connectivity index (χ1n) is 7.21. The van der Waals surface area contributed by atoms with Crippen molar-refractivity contribution in [3.05, 3.63) is 35.6 Å². The van der Waals surface area contributed by atoms with Gasteiger partial charge in [0.15, 0.2) is 0 Å². The van der Waals surface area contributed by atoms with Gasteiger partial charge in [-0.1, -0.05) is 18.2 Å². The molecule has 0 aliphatic carbocycles. The van der Waals surface area contributed by atoms with Gasteiger partial charge in [0.05, 0.1) is 0 Å². The Labute approximate surface area is 116 Å². The van der Waals surface area contributed by atoms with Gasteiger partial charge in [0.1, 0.15) is 5.82 Å². The van der Waals surface area contributed by atoms with E-state index in [1.807, 2.05) is 19.2 Å². The number of halogens is 1. The molecule has 1 aromatic carbocycles. The highest BCUT2D eigenvalue weighted by Gasteiger charge is 2.36. The van der Waals surface area contributed by atoms with Gasteiger partial charge in [0, 0.05) is 11.6 Å². The quantitative estimate of drug-likeness (QED) is 0.880. The maximum absolute atomic E-state index is 13.8. The second-order valence-electron chi connectivity index (χ2n) is 5.98. The highest BCUT2D eigenvalue weighted by molar-refractivity contribution is 5.19.